The van der Waals surface area contributed by atoms with Gasteiger partial charge in [-0.1, -0.05) is 26.0 Å². The van der Waals surface area contributed by atoms with E-state index in [0.717, 1.165) is 35.7 Å². The molecular weight excluding hydrogens is 288 g/mol. The molecular formula is C20H24O3. The number of carbonyl (C=O) groups is 1. The van der Waals surface area contributed by atoms with Crippen molar-refractivity contribution in [3.8, 4) is 11.5 Å². The molecule has 3 nitrogen and oxygen atoms in total. The van der Waals surface area contributed by atoms with Crippen molar-refractivity contribution >= 4 is 5.78 Å². The van der Waals surface area contributed by atoms with Gasteiger partial charge in [-0.15, -0.1) is 0 Å². The van der Waals surface area contributed by atoms with Gasteiger partial charge >= 0.3 is 0 Å². The van der Waals surface area contributed by atoms with E-state index in [9.17, 15) is 4.79 Å². The Hall–Kier alpha value is -2.03. The lowest BCUT2D eigenvalue weighted by atomic mass is 9.37. The van der Waals surface area contributed by atoms with Gasteiger partial charge in [-0.05, 0) is 55.5 Å². The summed E-state index contributed by atoms with van der Waals surface area (Å²) >= 11 is 0. The lowest BCUT2D eigenvalue weighted by Gasteiger charge is -2.63. The fourth-order valence-electron chi connectivity index (χ4n) is 4.28. The fourth-order valence-corrected chi connectivity index (χ4v) is 4.28. The minimum Gasteiger partial charge on any atom is -0.497 e. The number of Topliss-reactive ketones (excluding diaryl/α,β-unsaturated/α-hetero) is 1. The van der Waals surface area contributed by atoms with E-state index in [2.05, 4.69) is 20.4 Å². The van der Waals surface area contributed by atoms with Crippen molar-refractivity contribution in [1.82, 2.24) is 0 Å². The minimum absolute atomic E-state index is 0.0794. The Morgan fingerprint density at radius 3 is 2.39 bits per heavy atom. The summed E-state index contributed by atoms with van der Waals surface area (Å²) in [5.74, 6) is 2.71. The molecule has 0 saturated heterocycles. The molecule has 2 bridgehead atoms. The van der Waals surface area contributed by atoms with Crippen LogP contribution in [0, 0.1) is 16.7 Å². The molecule has 2 unspecified atom stereocenters. The Balaban J connectivity index is 1.87. The highest BCUT2D eigenvalue weighted by Gasteiger charge is 2.69. The summed E-state index contributed by atoms with van der Waals surface area (Å²) in [5.41, 5.74) is 0.379. The Morgan fingerprint density at radius 2 is 1.87 bits per heavy atom. The third kappa shape index (κ3) is 2.13. The van der Waals surface area contributed by atoms with Gasteiger partial charge in [0.15, 0.2) is 5.78 Å². The van der Waals surface area contributed by atoms with Gasteiger partial charge in [0.1, 0.15) is 11.5 Å². The molecule has 3 aliphatic rings. The maximum absolute atomic E-state index is 12.7. The summed E-state index contributed by atoms with van der Waals surface area (Å²) in [6.07, 6.45) is 3.84. The first-order valence-electron chi connectivity index (χ1n) is 8.07. The summed E-state index contributed by atoms with van der Waals surface area (Å²) in [5, 5.41) is 0. The molecule has 0 amide bonds. The zero-order chi connectivity index (χ0) is 16.8. The number of ketones is 1. The summed E-state index contributed by atoms with van der Waals surface area (Å²) in [7, 11) is 1.63. The van der Waals surface area contributed by atoms with Gasteiger partial charge in [-0.25, -0.2) is 0 Å². The van der Waals surface area contributed by atoms with Crippen molar-refractivity contribution in [1.29, 1.82) is 0 Å². The van der Waals surface area contributed by atoms with E-state index in [1.54, 1.807) is 7.11 Å². The Morgan fingerprint density at radius 1 is 1.26 bits per heavy atom. The number of carbonyl (C=O) groups excluding carboxylic acids is 1. The smallest absolute Gasteiger partial charge is 0.151 e. The molecule has 1 aromatic rings. The number of allylic oxidation sites excluding steroid dienone is 3. The lowest BCUT2D eigenvalue weighted by Crippen LogP contribution is -2.66. The van der Waals surface area contributed by atoms with Crippen LogP contribution < -0.4 is 9.47 Å². The zero-order valence-electron chi connectivity index (χ0n) is 14.3. The number of rotatable bonds is 4. The van der Waals surface area contributed by atoms with Crippen molar-refractivity contribution in [2.24, 2.45) is 16.7 Å². The zero-order valence-corrected chi connectivity index (χ0v) is 14.3. The number of methoxy groups -OCH3 is 1. The van der Waals surface area contributed by atoms with E-state index in [-0.39, 0.29) is 11.3 Å². The van der Waals surface area contributed by atoms with Crippen LogP contribution in [0.3, 0.4) is 0 Å². The number of hydrogen-bond acceptors (Lipinski definition) is 3. The quantitative estimate of drug-likeness (QED) is 0.605. The maximum atomic E-state index is 12.7. The van der Waals surface area contributed by atoms with Gasteiger partial charge in [0.2, 0.25) is 0 Å². The average molecular weight is 312 g/mol. The van der Waals surface area contributed by atoms with Crippen molar-refractivity contribution in [2.75, 3.05) is 7.11 Å². The van der Waals surface area contributed by atoms with E-state index in [1.165, 1.54) is 0 Å². The largest absolute Gasteiger partial charge is 0.497 e. The second-order valence-electron chi connectivity index (χ2n) is 7.12. The monoisotopic (exact) mass is 312 g/mol. The third-order valence-electron chi connectivity index (χ3n) is 5.64. The van der Waals surface area contributed by atoms with Crippen LogP contribution in [0.25, 0.3) is 0 Å². The Bertz CT molecular complexity index is 671. The molecule has 0 heterocycles. The second-order valence-corrected chi connectivity index (χ2v) is 7.12. The first kappa shape index (κ1) is 15.9. The summed E-state index contributed by atoms with van der Waals surface area (Å²) in [6.45, 7) is 10.4. The number of fused-ring (bicyclic) bond motifs is 2. The molecule has 1 aromatic carbocycles. The molecule has 0 N–H and O–H groups in total. The van der Waals surface area contributed by atoms with Crippen LogP contribution in [-0.2, 0) is 4.79 Å². The third-order valence-corrected chi connectivity index (χ3v) is 5.64. The van der Waals surface area contributed by atoms with Gasteiger partial charge in [0.05, 0.1) is 18.3 Å². The van der Waals surface area contributed by atoms with Gasteiger partial charge in [0, 0.05) is 5.92 Å². The van der Waals surface area contributed by atoms with E-state index >= 15 is 0 Å². The standard InChI is InChI=1S/C20H24O3/c1-13-6-11-17-18(21)20(13,19(17,3)4)12-14(2)23-16-9-7-15(22-5)8-10-16/h7-10,12,17H,1,6,11H2,2-5H3/b14-12+. The van der Waals surface area contributed by atoms with Crippen molar-refractivity contribution < 1.29 is 14.3 Å². The van der Waals surface area contributed by atoms with Crippen LogP contribution in [0.2, 0.25) is 0 Å². The van der Waals surface area contributed by atoms with Crippen molar-refractivity contribution in [3.05, 3.63) is 48.3 Å². The normalized spacial score (nSPS) is 29.0. The molecule has 0 aliphatic heterocycles. The summed E-state index contributed by atoms with van der Waals surface area (Å²) in [4.78, 5) is 12.7. The molecule has 3 aliphatic carbocycles. The minimum atomic E-state index is -0.563. The molecule has 4 rings (SSSR count). The highest BCUT2D eigenvalue weighted by atomic mass is 16.5. The van der Waals surface area contributed by atoms with Crippen LogP contribution in [0.4, 0.5) is 0 Å². The molecule has 3 heteroatoms. The molecule has 3 fully saturated rings. The highest BCUT2D eigenvalue weighted by molar-refractivity contribution is 6.01. The van der Waals surface area contributed by atoms with E-state index < -0.39 is 5.41 Å². The van der Waals surface area contributed by atoms with E-state index in [1.807, 2.05) is 37.3 Å². The molecule has 3 saturated carbocycles. The van der Waals surface area contributed by atoms with Crippen molar-refractivity contribution in [2.45, 2.75) is 33.6 Å². The van der Waals surface area contributed by atoms with Crippen LogP contribution in [0.1, 0.15) is 33.6 Å². The van der Waals surface area contributed by atoms with Crippen LogP contribution >= 0.6 is 0 Å². The summed E-state index contributed by atoms with van der Waals surface area (Å²) in [6, 6.07) is 7.43. The Kier molecular flexibility index (Phi) is 3.62. The summed E-state index contributed by atoms with van der Waals surface area (Å²) < 4.78 is 11.1. The fraction of sp³-hybridized carbons (Fsp3) is 0.450. The number of ether oxygens (including phenoxy) is 2. The Labute approximate surface area is 138 Å². The van der Waals surface area contributed by atoms with Crippen molar-refractivity contribution in [3.63, 3.8) is 0 Å². The highest BCUT2D eigenvalue weighted by Crippen LogP contribution is 2.67. The molecule has 2 atom stereocenters. The topological polar surface area (TPSA) is 35.5 Å². The molecule has 0 spiro atoms. The van der Waals surface area contributed by atoms with Gasteiger partial charge in [0.25, 0.3) is 0 Å². The predicted octanol–water partition coefficient (Wildman–Crippen LogP) is 4.54. The van der Waals surface area contributed by atoms with Crippen LogP contribution in [0.15, 0.2) is 48.3 Å². The van der Waals surface area contributed by atoms with Crippen LogP contribution in [0.5, 0.6) is 11.5 Å². The van der Waals surface area contributed by atoms with Crippen LogP contribution in [-0.4, -0.2) is 12.9 Å². The predicted molar refractivity (Wildman–Crippen MR) is 90.5 cm³/mol. The molecule has 122 valence electrons. The lowest BCUT2D eigenvalue weighted by molar-refractivity contribution is -0.164. The molecule has 0 radical (unpaired) electrons. The van der Waals surface area contributed by atoms with Gasteiger partial charge < -0.3 is 9.47 Å². The van der Waals surface area contributed by atoms with E-state index in [0.29, 0.717) is 5.78 Å². The number of benzene rings is 1. The first-order chi connectivity index (χ1) is 10.8. The van der Waals surface area contributed by atoms with E-state index in [4.69, 9.17) is 9.47 Å². The van der Waals surface area contributed by atoms with Gasteiger partial charge in [-0.3, -0.25) is 4.79 Å². The number of hydrogen-bond donors (Lipinski definition) is 0. The maximum Gasteiger partial charge on any atom is 0.151 e. The SMILES string of the molecule is C=C1CCC2C(=O)C1(/C=C(\C)Oc1ccc(OC)cc1)C2(C)C. The molecule has 0 aromatic heterocycles. The second kappa shape index (κ2) is 5.26. The molecule has 23 heavy (non-hydrogen) atoms. The average Bonchev–Trinajstić information content (AvgIpc) is 2.51. The van der Waals surface area contributed by atoms with Gasteiger partial charge in [-0.2, -0.15) is 0 Å². The first-order valence-corrected chi connectivity index (χ1v) is 8.07.